The van der Waals surface area contributed by atoms with Crippen molar-refractivity contribution >= 4 is 0 Å². The van der Waals surface area contributed by atoms with Crippen LogP contribution in [0.3, 0.4) is 0 Å². The molecule has 0 saturated carbocycles. The molecule has 0 aliphatic rings. The maximum absolute atomic E-state index is 10.2. The largest absolute Gasteiger partial charge is 0.380 e. The van der Waals surface area contributed by atoms with Crippen LogP contribution in [0.5, 0.6) is 0 Å². The average Bonchev–Trinajstić information content (AvgIpc) is 2.15. The van der Waals surface area contributed by atoms with E-state index in [1.54, 1.807) is 0 Å². The lowest BCUT2D eigenvalue weighted by Gasteiger charge is -2.21. The molecule has 0 bridgehead atoms. The number of rotatable bonds is 5. The van der Waals surface area contributed by atoms with Crippen LogP contribution in [0, 0.1) is 17.8 Å². The summed E-state index contributed by atoms with van der Waals surface area (Å²) in [6, 6.07) is 0. The van der Waals surface area contributed by atoms with Gasteiger partial charge in [0, 0.05) is 0 Å². The Balaban J connectivity index is 4.50. The van der Waals surface area contributed by atoms with Gasteiger partial charge >= 0.3 is 0 Å². The smallest absolute Gasteiger partial charge is 0.125 e. The second kappa shape index (κ2) is 6.87. The zero-order valence-electron chi connectivity index (χ0n) is 10.4. The molecule has 0 heterocycles. The summed E-state index contributed by atoms with van der Waals surface area (Å²) < 4.78 is 0. The fourth-order valence-corrected chi connectivity index (χ4v) is 1.45. The fraction of sp³-hybridized carbons (Fsp3) is 0.846. The third-order valence-corrected chi connectivity index (χ3v) is 2.41. The van der Waals surface area contributed by atoms with E-state index < -0.39 is 11.7 Å². The summed E-state index contributed by atoms with van der Waals surface area (Å²) in [5.41, 5.74) is -0.903. The third kappa shape index (κ3) is 5.81. The molecule has 0 aliphatic carbocycles. The van der Waals surface area contributed by atoms with E-state index in [9.17, 15) is 10.2 Å². The summed E-state index contributed by atoms with van der Waals surface area (Å²) >= 11 is 0. The number of hydrogen-bond donors (Lipinski definition) is 2. The maximum Gasteiger partial charge on any atom is 0.125 e. The zero-order chi connectivity index (χ0) is 11.9. The predicted molar refractivity (Wildman–Crippen MR) is 63.4 cm³/mol. The Hall–Kier alpha value is -0.520. The van der Waals surface area contributed by atoms with Crippen LogP contribution in [0.4, 0.5) is 0 Å². The first kappa shape index (κ1) is 14.5. The highest BCUT2D eigenvalue weighted by molar-refractivity contribution is 5.16. The summed E-state index contributed by atoms with van der Waals surface area (Å²) in [5.74, 6) is 5.70. The normalized spacial score (nSPS) is 13.5. The fourth-order valence-electron chi connectivity index (χ4n) is 1.45. The minimum Gasteiger partial charge on any atom is -0.380 e. The van der Waals surface area contributed by atoms with E-state index in [1.807, 2.05) is 27.7 Å². The van der Waals surface area contributed by atoms with Gasteiger partial charge in [0.2, 0.25) is 0 Å². The topological polar surface area (TPSA) is 40.5 Å². The van der Waals surface area contributed by atoms with Crippen LogP contribution >= 0.6 is 0 Å². The molecule has 0 radical (unpaired) electrons. The van der Waals surface area contributed by atoms with Gasteiger partial charge in [-0.3, -0.25) is 0 Å². The van der Waals surface area contributed by atoms with E-state index in [4.69, 9.17) is 0 Å². The van der Waals surface area contributed by atoms with Crippen molar-refractivity contribution in [2.75, 3.05) is 0 Å². The Labute approximate surface area is 93.7 Å². The summed E-state index contributed by atoms with van der Waals surface area (Å²) in [6.07, 6.45) is 2.54. The van der Waals surface area contributed by atoms with Crippen molar-refractivity contribution in [1.82, 2.24) is 0 Å². The van der Waals surface area contributed by atoms with Crippen LogP contribution in [0.25, 0.3) is 0 Å². The minimum absolute atomic E-state index is 0.116. The molecule has 0 fully saturated rings. The third-order valence-electron chi connectivity index (χ3n) is 2.41. The van der Waals surface area contributed by atoms with Crippen LogP contribution in [0.15, 0.2) is 0 Å². The highest BCUT2D eigenvalue weighted by atomic mass is 16.3. The molecular formula is C13H24O2. The van der Waals surface area contributed by atoms with E-state index in [0.29, 0.717) is 12.8 Å². The molecule has 1 unspecified atom stereocenters. The molecule has 15 heavy (non-hydrogen) atoms. The molecule has 2 nitrogen and oxygen atoms in total. The molecule has 2 N–H and O–H groups in total. The lowest BCUT2D eigenvalue weighted by molar-refractivity contribution is 0.0796. The van der Waals surface area contributed by atoms with Gasteiger partial charge in [-0.2, -0.15) is 0 Å². The molecule has 88 valence electrons. The number of hydrogen-bond acceptors (Lipinski definition) is 2. The van der Waals surface area contributed by atoms with Gasteiger partial charge in [-0.25, -0.2) is 0 Å². The molecule has 2 heteroatoms. The van der Waals surface area contributed by atoms with Crippen molar-refractivity contribution in [2.24, 2.45) is 5.92 Å². The Morgan fingerprint density at radius 3 is 1.93 bits per heavy atom. The van der Waals surface area contributed by atoms with E-state index in [2.05, 4.69) is 11.8 Å². The van der Waals surface area contributed by atoms with Gasteiger partial charge in [0.25, 0.3) is 0 Å². The van der Waals surface area contributed by atoms with Crippen LogP contribution in [-0.4, -0.2) is 21.9 Å². The van der Waals surface area contributed by atoms with Crippen molar-refractivity contribution in [2.45, 2.75) is 65.1 Å². The van der Waals surface area contributed by atoms with Crippen molar-refractivity contribution in [1.29, 1.82) is 0 Å². The Bertz CT molecular complexity index is 216. The molecule has 0 aromatic heterocycles. The second-order valence-corrected chi connectivity index (χ2v) is 4.49. The Kier molecular flexibility index (Phi) is 6.63. The monoisotopic (exact) mass is 212 g/mol. The van der Waals surface area contributed by atoms with Crippen molar-refractivity contribution in [3.05, 3.63) is 0 Å². The van der Waals surface area contributed by atoms with E-state index in [1.165, 1.54) is 0 Å². The number of aliphatic hydroxyl groups excluding tert-OH is 1. The van der Waals surface area contributed by atoms with Crippen LogP contribution in [0.1, 0.15) is 53.4 Å². The zero-order valence-corrected chi connectivity index (χ0v) is 10.4. The van der Waals surface area contributed by atoms with Crippen LogP contribution in [0.2, 0.25) is 0 Å². The van der Waals surface area contributed by atoms with E-state index in [-0.39, 0.29) is 5.92 Å². The SMILES string of the molecule is CCCC(O)(C#CC(O)C(C)C)CCC. The first-order chi connectivity index (χ1) is 6.95. The second-order valence-electron chi connectivity index (χ2n) is 4.49. The summed E-state index contributed by atoms with van der Waals surface area (Å²) in [4.78, 5) is 0. The van der Waals surface area contributed by atoms with Gasteiger partial charge in [0.05, 0.1) is 0 Å². The van der Waals surface area contributed by atoms with Gasteiger partial charge < -0.3 is 10.2 Å². The van der Waals surface area contributed by atoms with Gasteiger partial charge in [0.15, 0.2) is 0 Å². The average molecular weight is 212 g/mol. The molecule has 0 aromatic rings. The van der Waals surface area contributed by atoms with Crippen LogP contribution in [-0.2, 0) is 0 Å². The highest BCUT2D eigenvalue weighted by Gasteiger charge is 2.21. The van der Waals surface area contributed by atoms with Crippen molar-refractivity contribution in [3.8, 4) is 11.8 Å². The summed E-state index contributed by atoms with van der Waals surface area (Å²) in [7, 11) is 0. The highest BCUT2D eigenvalue weighted by Crippen LogP contribution is 2.18. The quantitative estimate of drug-likeness (QED) is 0.687. The first-order valence-electron chi connectivity index (χ1n) is 5.88. The van der Waals surface area contributed by atoms with E-state index in [0.717, 1.165) is 12.8 Å². The van der Waals surface area contributed by atoms with Crippen molar-refractivity contribution < 1.29 is 10.2 Å². The molecule has 1 atom stereocenters. The van der Waals surface area contributed by atoms with Gasteiger partial charge in [-0.05, 0) is 18.8 Å². The number of aliphatic hydroxyl groups is 2. The molecule has 0 amide bonds. The Morgan fingerprint density at radius 1 is 1.13 bits per heavy atom. The standard InChI is InChI=1S/C13H24O2/c1-5-8-13(15,9-6-2)10-7-12(14)11(3)4/h11-12,14-15H,5-6,8-9H2,1-4H3. The molecule has 0 aromatic carbocycles. The lowest BCUT2D eigenvalue weighted by Crippen LogP contribution is -2.27. The van der Waals surface area contributed by atoms with Crippen LogP contribution < -0.4 is 0 Å². The maximum atomic E-state index is 10.2. The van der Waals surface area contributed by atoms with Gasteiger partial charge in [0.1, 0.15) is 11.7 Å². The molecular weight excluding hydrogens is 188 g/mol. The summed E-state index contributed by atoms with van der Waals surface area (Å²) in [6.45, 7) is 7.89. The molecule has 0 spiro atoms. The van der Waals surface area contributed by atoms with Gasteiger partial charge in [-0.15, -0.1) is 0 Å². The molecule has 0 saturated heterocycles. The van der Waals surface area contributed by atoms with Crippen molar-refractivity contribution in [3.63, 3.8) is 0 Å². The first-order valence-corrected chi connectivity index (χ1v) is 5.88. The Morgan fingerprint density at radius 2 is 1.60 bits per heavy atom. The lowest BCUT2D eigenvalue weighted by atomic mass is 9.92. The molecule has 0 rings (SSSR count). The van der Waals surface area contributed by atoms with Gasteiger partial charge in [-0.1, -0.05) is 52.4 Å². The minimum atomic E-state index is -0.903. The predicted octanol–water partition coefficient (Wildman–Crippen LogP) is 2.34. The van der Waals surface area contributed by atoms with E-state index >= 15 is 0 Å². The summed E-state index contributed by atoms with van der Waals surface area (Å²) in [5, 5.41) is 19.7. The molecule has 0 aliphatic heterocycles.